The van der Waals surface area contributed by atoms with Crippen molar-refractivity contribution in [1.82, 2.24) is 15.5 Å². The first-order valence-electron chi connectivity index (χ1n) is 12.9. The Morgan fingerprint density at radius 3 is 2.28 bits per heavy atom. The van der Waals surface area contributed by atoms with Gasteiger partial charge >= 0.3 is 32.1 Å². The largest absolute Gasteiger partial charge is 1.00 e. The number of alkyl carbamates (subject to hydrolysis) is 1. The average Bonchev–Trinajstić information content (AvgIpc) is 3.42. The molecular formula is C27H36BLiN3O7+. The molecule has 12 heteroatoms. The van der Waals surface area contributed by atoms with Crippen molar-refractivity contribution in [3.63, 3.8) is 0 Å². The van der Waals surface area contributed by atoms with Gasteiger partial charge in [0.05, 0.1) is 5.94 Å². The Morgan fingerprint density at radius 1 is 1.03 bits per heavy atom. The average molecular weight is 532 g/mol. The number of rotatable bonds is 13. The fourth-order valence-electron chi connectivity index (χ4n) is 4.48. The van der Waals surface area contributed by atoms with Crippen LogP contribution in [0.4, 0.5) is 4.79 Å². The van der Waals surface area contributed by atoms with E-state index in [0.29, 0.717) is 38.8 Å². The Bertz CT molecular complexity index is 1030. The maximum atomic E-state index is 13.7. The normalized spacial score (nSPS) is 16.0. The van der Waals surface area contributed by atoms with Crippen LogP contribution in [0.2, 0.25) is 0 Å². The first kappa shape index (κ1) is 32.4. The second-order valence-corrected chi connectivity index (χ2v) is 9.30. The van der Waals surface area contributed by atoms with E-state index in [9.17, 15) is 24.4 Å². The van der Waals surface area contributed by atoms with Crippen molar-refractivity contribution in [3.8, 4) is 0 Å². The number of benzene rings is 2. The third-order valence-corrected chi connectivity index (χ3v) is 6.48. The molecular weight excluding hydrogens is 496 g/mol. The first-order valence-corrected chi connectivity index (χ1v) is 12.9. The van der Waals surface area contributed by atoms with E-state index in [1.165, 1.54) is 4.90 Å². The summed E-state index contributed by atoms with van der Waals surface area (Å²) in [6, 6.07) is 16.8. The number of ether oxygens (including phenoxy) is 2. The smallest absolute Gasteiger partial charge is 0.445 e. The van der Waals surface area contributed by atoms with Gasteiger partial charge in [0.25, 0.3) is 0 Å². The standard InChI is InChI=1S/C27H36BN3O7.Li/c1-37-17-9-15-24(28(35)36)30-25(32)23-14-8-16-31(23)26(33)22(18-20-10-4-2-5-11-20)29-27(34)38-19-21-12-6-3-7-13-21;/h2-7,10-13,22-24,35-36H,8-9,14-19H2,1H3,(H,29,34)(H,30,32);/q;+1/t22-,23?,24-;/m1./s1. The van der Waals surface area contributed by atoms with Crippen LogP contribution in [0.15, 0.2) is 60.7 Å². The molecule has 4 N–H and O–H groups in total. The molecule has 1 fully saturated rings. The Kier molecular flexibility index (Phi) is 14.1. The molecule has 3 amide bonds. The molecule has 0 aromatic heterocycles. The molecule has 0 aliphatic carbocycles. The third kappa shape index (κ3) is 10.4. The molecule has 3 rings (SSSR count). The molecule has 0 saturated carbocycles. The summed E-state index contributed by atoms with van der Waals surface area (Å²) < 4.78 is 10.3. The summed E-state index contributed by atoms with van der Waals surface area (Å²) in [4.78, 5) is 40.9. The van der Waals surface area contributed by atoms with Crippen LogP contribution in [-0.4, -0.2) is 78.3 Å². The van der Waals surface area contributed by atoms with Gasteiger partial charge in [-0.25, -0.2) is 4.79 Å². The number of nitrogens with zero attached hydrogens (tertiary/aromatic N) is 1. The van der Waals surface area contributed by atoms with E-state index in [1.54, 1.807) is 7.11 Å². The Hall–Kier alpha value is -2.81. The monoisotopic (exact) mass is 532 g/mol. The Balaban J connectivity index is 0.00000533. The minimum atomic E-state index is -1.74. The summed E-state index contributed by atoms with van der Waals surface area (Å²) in [7, 11) is -0.198. The number of methoxy groups -OCH3 is 1. The van der Waals surface area contributed by atoms with E-state index in [2.05, 4.69) is 10.6 Å². The number of nitrogens with one attached hydrogen (secondary N) is 2. The third-order valence-electron chi connectivity index (χ3n) is 6.48. The molecule has 3 atom stereocenters. The molecule has 1 aliphatic heterocycles. The van der Waals surface area contributed by atoms with Crippen molar-refractivity contribution in [1.29, 1.82) is 0 Å². The van der Waals surface area contributed by atoms with E-state index in [-0.39, 0.29) is 31.9 Å². The molecule has 0 radical (unpaired) electrons. The van der Waals surface area contributed by atoms with Crippen molar-refractivity contribution in [2.45, 2.75) is 56.7 Å². The summed E-state index contributed by atoms with van der Waals surface area (Å²) in [6.45, 7) is 0.820. The maximum Gasteiger partial charge on any atom is 1.00 e. The number of carbonyl (C=O) groups excluding carboxylic acids is 3. The summed E-state index contributed by atoms with van der Waals surface area (Å²) in [5.74, 6) is -1.75. The number of hydrogen-bond acceptors (Lipinski definition) is 7. The molecule has 1 unspecified atom stereocenters. The van der Waals surface area contributed by atoms with Crippen molar-refractivity contribution < 1.29 is 52.8 Å². The SMILES string of the molecule is COCCC[C@@H](NC(=O)C1CCCN1C(=O)[C@@H](Cc1ccccc1)NC(=O)OCc1ccccc1)B(O)O.[Li+]. The van der Waals surface area contributed by atoms with Crippen LogP contribution in [0, 0.1) is 0 Å². The van der Waals surface area contributed by atoms with Gasteiger partial charge in [0.15, 0.2) is 0 Å². The van der Waals surface area contributed by atoms with Gasteiger partial charge in [-0.05, 0) is 36.8 Å². The zero-order chi connectivity index (χ0) is 27.3. The Morgan fingerprint density at radius 2 is 1.67 bits per heavy atom. The predicted octanol–water partition coefficient (Wildman–Crippen LogP) is -1.56. The molecule has 1 aliphatic rings. The summed E-state index contributed by atoms with van der Waals surface area (Å²) in [5, 5.41) is 24.8. The molecule has 204 valence electrons. The minimum absolute atomic E-state index is 0. The van der Waals surface area contributed by atoms with Crippen LogP contribution in [0.25, 0.3) is 0 Å². The quantitative estimate of drug-likeness (QED) is 0.181. The second kappa shape index (κ2) is 17.0. The fraction of sp³-hybridized carbons (Fsp3) is 0.444. The van der Waals surface area contributed by atoms with Gasteiger partial charge in [-0.15, -0.1) is 0 Å². The molecule has 1 heterocycles. The van der Waals surface area contributed by atoms with Gasteiger partial charge in [0.1, 0.15) is 18.7 Å². The molecule has 0 bridgehead atoms. The predicted molar refractivity (Wildman–Crippen MR) is 142 cm³/mol. The van der Waals surface area contributed by atoms with E-state index in [1.807, 2.05) is 60.7 Å². The summed E-state index contributed by atoms with van der Waals surface area (Å²) in [5.41, 5.74) is 1.66. The van der Waals surface area contributed by atoms with Crippen LogP contribution in [0.1, 0.15) is 36.8 Å². The number of amides is 3. The van der Waals surface area contributed by atoms with Gasteiger partial charge in [0.2, 0.25) is 11.8 Å². The van der Waals surface area contributed by atoms with Crippen molar-refractivity contribution in [2.75, 3.05) is 20.3 Å². The van der Waals surface area contributed by atoms with Gasteiger partial charge < -0.3 is 35.1 Å². The fourth-order valence-corrected chi connectivity index (χ4v) is 4.48. The van der Waals surface area contributed by atoms with Crippen LogP contribution in [0.5, 0.6) is 0 Å². The number of carbonyl (C=O) groups is 3. The van der Waals surface area contributed by atoms with Crippen molar-refractivity contribution in [2.24, 2.45) is 0 Å². The zero-order valence-corrected chi connectivity index (χ0v) is 22.6. The molecule has 39 heavy (non-hydrogen) atoms. The van der Waals surface area contributed by atoms with Gasteiger partial charge in [-0.2, -0.15) is 0 Å². The summed E-state index contributed by atoms with van der Waals surface area (Å²) >= 11 is 0. The van der Waals surface area contributed by atoms with E-state index < -0.39 is 43.1 Å². The number of hydrogen-bond donors (Lipinski definition) is 4. The van der Waals surface area contributed by atoms with E-state index in [0.717, 1.165) is 11.1 Å². The van der Waals surface area contributed by atoms with Crippen molar-refractivity contribution >= 4 is 25.0 Å². The molecule has 0 spiro atoms. The van der Waals surface area contributed by atoms with Gasteiger partial charge in [-0.3, -0.25) is 9.59 Å². The van der Waals surface area contributed by atoms with Gasteiger partial charge in [-0.1, -0.05) is 60.7 Å². The van der Waals surface area contributed by atoms with Crippen LogP contribution in [0.3, 0.4) is 0 Å². The maximum absolute atomic E-state index is 13.7. The summed E-state index contributed by atoms with van der Waals surface area (Å²) in [6.07, 6.45) is 1.37. The molecule has 1 saturated heterocycles. The zero-order valence-electron chi connectivity index (χ0n) is 22.6. The molecule has 10 nitrogen and oxygen atoms in total. The number of likely N-dealkylation sites (tertiary alicyclic amines) is 1. The van der Waals surface area contributed by atoms with Crippen LogP contribution >= 0.6 is 0 Å². The van der Waals surface area contributed by atoms with Crippen LogP contribution < -0.4 is 29.5 Å². The van der Waals surface area contributed by atoms with E-state index in [4.69, 9.17) is 9.47 Å². The molecule has 2 aromatic carbocycles. The van der Waals surface area contributed by atoms with Crippen LogP contribution in [-0.2, 0) is 32.1 Å². The van der Waals surface area contributed by atoms with Crippen molar-refractivity contribution in [3.05, 3.63) is 71.8 Å². The minimum Gasteiger partial charge on any atom is -0.445 e. The van der Waals surface area contributed by atoms with E-state index >= 15 is 0 Å². The topological polar surface area (TPSA) is 137 Å². The first-order chi connectivity index (χ1) is 18.4. The molecule has 2 aromatic rings. The Labute approximate surface area is 241 Å². The van der Waals surface area contributed by atoms with Gasteiger partial charge in [0, 0.05) is 26.7 Å². The second-order valence-electron chi connectivity index (χ2n) is 9.30.